The SMILES string of the molecule is C/C=C(/CP(=O)(OC(C)(C)C)OC(C)(C)C)OC/C=C/C. The molecule has 0 aliphatic heterocycles. The Balaban J connectivity index is 5.08. The first kappa shape index (κ1) is 20.4. The second-order valence-corrected chi connectivity index (χ2v) is 8.71. The maximum absolute atomic E-state index is 13.1. The molecule has 0 unspecified atom stereocenters. The summed E-state index contributed by atoms with van der Waals surface area (Å²) >= 11 is 0. The monoisotopic (exact) mass is 318 g/mol. The lowest BCUT2D eigenvalue weighted by Gasteiger charge is -2.32. The van der Waals surface area contributed by atoms with E-state index in [1.807, 2.05) is 67.5 Å². The lowest BCUT2D eigenvalue weighted by atomic mass is 10.2. The molecule has 0 atom stereocenters. The van der Waals surface area contributed by atoms with Gasteiger partial charge >= 0.3 is 7.60 Å². The molecule has 0 bridgehead atoms. The highest BCUT2D eigenvalue weighted by Gasteiger charge is 2.36. The number of hydrogen-bond acceptors (Lipinski definition) is 4. The van der Waals surface area contributed by atoms with Crippen LogP contribution in [0.3, 0.4) is 0 Å². The standard InChI is InChI=1S/C16H31O4P/c1-9-11-12-18-14(10-2)13-21(17,19-15(3,4)5)20-16(6,7)8/h9-11H,12-13H2,1-8H3/b11-9+,14-10-. The Bertz CT molecular complexity index is 391. The maximum Gasteiger partial charge on any atom is 0.339 e. The van der Waals surface area contributed by atoms with Gasteiger partial charge in [0.25, 0.3) is 0 Å². The van der Waals surface area contributed by atoms with Crippen LogP contribution in [0.2, 0.25) is 0 Å². The van der Waals surface area contributed by atoms with Gasteiger partial charge in [0.1, 0.15) is 18.5 Å². The van der Waals surface area contributed by atoms with Crippen molar-refractivity contribution in [1.29, 1.82) is 0 Å². The fourth-order valence-electron chi connectivity index (χ4n) is 1.58. The average molecular weight is 318 g/mol. The molecule has 0 rings (SSSR count). The van der Waals surface area contributed by atoms with E-state index in [9.17, 15) is 4.57 Å². The van der Waals surface area contributed by atoms with Crippen LogP contribution in [0, 0.1) is 0 Å². The second-order valence-electron chi connectivity index (χ2n) is 6.81. The molecule has 0 aromatic heterocycles. The van der Waals surface area contributed by atoms with Crippen LogP contribution in [-0.4, -0.2) is 24.0 Å². The summed E-state index contributed by atoms with van der Waals surface area (Å²) in [5.74, 6) is 0.616. The normalized spacial score (nSPS) is 14.8. The number of hydrogen-bond donors (Lipinski definition) is 0. The molecular weight excluding hydrogens is 287 g/mol. The minimum absolute atomic E-state index is 0.135. The van der Waals surface area contributed by atoms with Crippen LogP contribution in [0.1, 0.15) is 55.4 Å². The van der Waals surface area contributed by atoms with Crippen LogP contribution < -0.4 is 0 Å². The van der Waals surface area contributed by atoms with E-state index >= 15 is 0 Å². The molecule has 0 radical (unpaired) electrons. The zero-order valence-electron chi connectivity index (χ0n) is 14.7. The third-order valence-corrected chi connectivity index (χ3v) is 4.45. The molecule has 0 heterocycles. The minimum atomic E-state index is -3.30. The van der Waals surface area contributed by atoms with Gasteiger partial charge in [-0.1, -0.05) is 12.2 Å². The summed E-state index contributed by atoms with van der Waals surface area (Å²) in [4.78, 5) is 0. The highest BCUT2D eigenvalue weighted by Crippen LogP contribution is 2.55. The fourth-order valence-corrected chi connectivity index (χ4v) is 4.07. The zero-order chi connectivity index (χ0) is 16.7. The predicted octanol–water partition coefficient (Wildman–Crippen LogP) is 5.31. The van der Waals surface area contributed by atoms with Crippen LogP contribution in [0.5, 0.6) is 0 Å². The lowest BCUT2D eigenvalue weighted by Crippen LogP contribution is -2.25. The van der Waals surface area contributed by atoms with E-state index in [-0.39, 0.29) is 6.16 Å². The van der Waals surface area contributed by atoms with E-state index in [1.54, 1.807) is 6.08 Å². The van der Waals surface area contributed by atoms with Crippen LogP contribution in [0.15, 0.2) is 24.0 Å². The van der Waals surface area contributed by atoms with Gasteiger partial charge in [0.15, 0.2) is 0 Å². The van der Waals surface area contributed by atoms with E-state index < -0.39 is 18.8 Å². The highest BCUT2D eigenvalue weighted by molar-refractivity contribution is 7.54. The van der Waals surface area contributed by atoms with Gasteiger partial charge in [0, 0.05) is 0 Å². The lowest BCUT2D eigenvalue weighted by molar-refractivity contribution is 0.0486. The molecule has 0 aliphatic rings. The summed E-state index contributed by atoms with van der Waals surface area (Å²) < 4.78 is 30.1. The maximum atomic E-state index is 13.1. The first-order chi connectivity index (χ1) is 9.41. The van der Waals surface area contributed by atoms with E-state index in [4.69, 9.17) is 13.8 Å². The van der Waals surface area contributed by atoms with Gasteiger partial charge in [-0.15, -0.1) is 0 Å². The molecule has 0 saturated heterocycles. The Morgan fingerprint density at radius 1 is 1.00 bits per heavy atom. The van der Waals surface area contributed by atoms with Crippen LogP contribution in [0.4, 0.5) is 0 Å². The summed E-state index contributed by atoms with van der Waals surface area (Å²) in [6.45, 7) is 15.4. The molecular formula is C16H31O4P. The predicted molar refractivity (Wildman–Crippen MR) is 88.7 cm³/mol. The summed E-state index contributed by atoms with van der Waals surface area (Å²) in [5, 5.41) is 0. The van der Waals surface area contributed by atoms with E-state index in [0.717, 1.165) is 0 Å². The fraction of sp³-hybridized carbons (Fsp3) is 0.750. The largest absolute Gasteiger partial charge is 0.494 e. The number of rotatable bonds is 7. The Hall–Kier alpha value is -0.570. The molecule has 0 spiro atoms. The zero-order valence-corrected chi connectivity index (χ0v) is 15.6. The number of ether oxygens (including phenoxy) is 1. The smallest absolute Gasteiger partial charge is 0.339 e. The van der Waals surface area contributed by atoms with Crippen molar-refractivity contribution in [3.63, 3.8) is 0 Å². The first-order valence-corrected chi connectivity index (χ1v) is 9.03. The molecule has 0 saturated carbocycles. The van der Waals surface area contributed by atoms with Gasteiger partial charge in [0.05, 0.1) is 11.2 Å². The van der Waals surface area contributed by atoms with Gasteiger partial charge in [0.2, 0.25) is 0 Å². The molecule has 0 fully saturated rings. The molecule has 0 amide bonds. The van der Waals surface area contributed by atoms with E-state index in [0.29, 0.717) is 12.4 Å². The Kier molecular flexibility index (Phi) is 7.94. The molecule has 4 nitrogen and oxygen atoms in total. The third-order valence-electron chi connectivity index (χ3n) is 2.10. The van der Waals surface area contributed by atoms with Gasteiger partial charge < -0.3 is 13.8 Å². The van der Waals surface area contributed by atoms with Crippen molar-refractivity contribution in [2.45, 2.75) is 66.6 Å². The van der Waals surface area contributed by atoms with Crippen molar-refractivity contribution in [2.75, 3.05) is 12.8 Å². The van der Waals surface area contributed by atoms with Gasteiger partial charge in [-0.25, -0.2) is 0 Å². The third kappa shape index (κ3) is 10.8. The minimum Gasteiger partial charge on any atom is -0.494 e. The van der Waals surface area contributed by atoms with Crippen LogP contribution in [-0.2, 0) is 18.3 Å². The summed E-state index contributed by atoms with van der Waals surface area (Å²) in [7, 11) is -3.30. The molecule has 5 heteroatoms. The molecule has 0 N–H and O–H groups in total. The average Bonchev–Trinajstić information content (AvgIpc) is 2.22. The van der Waals surface area contributed by atoms with Gasteiger partial charge in [-0.2, -0.15) is 0 Å². The molecule has 0 aliphatic carbocycles. The van der Waals surface area contributed by atoms with Crippen molar-refractivity contribution in [2.24, 2.45) is 0 Å². The summed E-state index contributed by atoms with van der Waals surface area (Å²) in [6.07, 6.45) is 5.73. The molecule has 0 aromatic carbocycles. The topological polar surface area (TPSA) is 44.8 Å². The number of allylic oxidation sites excluding steroid dienone is 3. The van der Waals surface area contributed by atoms with Crippen molar-refractivity contribution in [1.82, 2.24) is 0 Å². The second kappa shape index (κ2) is 8.17. The first-order valence-electron chi connectivity index (χ1n) is 7.30. The Morgan fingerprint density at radius 3 is 1.81 bits per heavy atom. The summed E-state index contributed by atoms with van der Waals surface area (Å²) in [5.41, 5.74) is -1.11. The highest BCUT2D eigenvalue weighted by atomic mass is 31.2. The van der Waals surface area contributed by atoms with Crippen LogP contribution >= 0.6 is 7.60 Å². The van der Waals surface area contributed by atoms with Gasteiger partial charge in [-0.05, 0) is 61.5 Å². The van der Waals surface area contributed by atoms with Crippen molar-refractivity contribution in [3.05, 3.63) is 24.0 Å². The van der Waals surface area contributed by atoms with Crippen LogP contribution in [0.25, 0.3) is 0 Å². The molecule has 124 valence electrons. The molecule has 21 heavy (non-hydrogen) atoms. The van der Waals surface area contributed by atoms with Crippen molar-refractivity contribution >= 4 is 7.60 Å². The summed E-state index contributed by atoms with van der Waals surface area (Å²) in [6, 6.07) is 0. The quantitative estimate of drug-likeness (QED) is 0.363. The van der Waals surface area contributed by atoms with Crippen molar-refractivity contribution < 1.29 is 18.3 Å². The van der Waals surface area contributed by atoms with E-state index in [1.165, 1.54) is 0 Å². The van der Waals surface area contributed by atoms with Gasteiger partial charge in [-0.3, -0.25) is 4.57 Å². The Labute approximate surface area is 130 Å². The van der Waals surface area contributed by atoms with Crippen molar-refractivity contribution in [3.8, 4) is 0 Å². The van der Waals surface area contributed by atoms with E-state index in [2.05, 4.69) is 0 Å². The Morgan fingerprint density at radius 2 is 1.48 bits per heavy atom. The molecule has 0 aromatic rings.